The minimum Gasteiger partial charge on any atom is -0.507 e. The Morgan fingerprint density at radius 2 is 1.69 bits per heavy atom. The van der Waals surface area contributed by atoms with E-state index in [0.717, 1.165) is 11.0 Å². The van der Waals surface area contributed by atoms with Gasteiger partial charge >= 0.3 is 0 Å². The van der Waals surface area contributed by atoms with Gasteiger partial charge in [-0.3, -0.25) is 14.5 Å². The molecule has 0 spiro atoms. The molecule has 158 valence electrons. The van der Waals surface area contributed by atoms with Crippen LogP contribution in [0, 0.1) is 29.9 Å². The summed E-state index contributed by atoms with van der Waals surface area (Å²) in [6.45, 7) is 1.50. The second kappa shape index (κ2) is 8.08. The molecule has 3 aromatic carbocycles. The smallest absolute Gasteiger partial charge is 0.300 e. The first-order valence-electron chi connectivity index (χ1n) is 9.65. The third-order valence-corrected chi connectivity index (χ3v) is 5.35. The van der Waals surface area contributed by atoms with E-state index >= 15 is 0 Å². The Labute approximate surface area is 182 Å². The average Bonchev–Trinajstić information content (AvgIpc) is 3.06. The molecular formula is C25H16F2N2O3. The predicted molar refractivity (Wildman–Crippen MR) is 113 cm³/mol. The second-order valence-corrected chi connectivity index (χ2v) is 7.31. The Bertz CT molecular complexity index is 1320. The molecule has 3 aromatic rings. The van der Waals surface area contributed by atoms with Gasteiger partial charge in [-0.2, -0.15) is 5.26 Å². The quantitative estimate of drug-likeness (QED) is 0.369. The standard InChI is InChI=1S/C25H16F2N2O3/c1-14-12-16(8-11-19(14)26)23(30)21-22(18-4-2-3-5-20(18)27)29(25(32)24(21)31)17-9-6-15(13-28)7-10-17/h2-12,22,30H,1H3/b23-21+. The van der Waals surface area contributed by atoms with Crippen molar-refractivity contribution in [3.05, 3.63) is 106 Å². The number of benzene rings is 3. The molecule has 4 rings (SSSR count). The van der Waals surface area contributed by atoms with Crippen molar-refractivity contribution in [3.63, 3.8) is 0 Å². The molecule has 32 heavy (non-hydrogen) atoms. The number of aryl methyl sites for hydroxylation is 1. The van der Waals surface area contributed by atoms with Gasteiger partial charge in [-0.15, -0.1) is 0 Å². The fourth-order valence-corrected chi connectivity index (χ4v) is 3.73. The van der Waals surface area contributed by atoms with Crippen LogP contribution in [0.15, 0.2) is 72.3 Å². The number of amides is 1. The summed E-state index contributed by atoms with van der Waals surface area (Å²) in [7, 11) is 0. The van der Waals surface area contributed by atoms with Crippen LogP contribution in [0.5, 0.6) is 0 Å². The Morgan fingerprint density at radius 1 is 1.00 bits per heavy atom. The van der Waals surface area contributed by atoms with E-state index in [1.165, 1.54) is 61.5 Å². The minimum atomic E-state index is -1.26. The number of ketones is 1. The van der Waals surface area contributed by atoms with Crippen molar-refractivity contribution in [1.29, 1.82) is 5.26 Å². The molecule has 5 nitrogen and oxygen atoms in total. The van der Waals surface area contributed by atoms with Crippen LogP contribution in [0.2, 0.25) is 0 Å². The molecule has 0 radical (unpaired) electrons. The summed E-state index contributed by atoms with van der Waals surface area (Å²) >= 11 is 0. The van der Waals surface area contributed by atoms with Crippen LogP contribution in [-0.2, 0) is 9.59 Å². The third-order valence-electron chi connectivity index (χ3n) is 5.35. The van der Waals surface area contributed by atoms with Crippen molar-refractivity contribution in [3.8, 4) is 6.07 Å². The Kier molecular flexibility index (Phi) is 5.29. The lowest BCUT2D eigenvalue weighted by atomic mass is 9.94. The molecule has 1 aliphatic heterocycles. The second-order valence-electron chi connectivity index (χ2n) is 7.31. The summed E-state index contributed by atoms with van der Waals surface area (Å²) in [6, 6.07) is 16.0. The van der Waals surface area contributed by atoms with Crippen molar-refractivity contribution < 1.29 is 23.5 Å². The van der Waals surface area contributed by atoms with E-state index < -0.39 is 35.1 Å². The number of carbonyl (C=O) groups excluding carboxylic acids is 2. The van der Waals surface area contributed by atoms with Crippen molar-refractivity contribution in [1.82, 2.24) is 0 Å². The van der Waals surface area contributed by atoms with Crippen LogP contribution in [0.3, 0.4) is 0 Å². The molecule has 1 heterocycles. The summed E-state index contributed by atoms with van der Waals surface area (Å²) in [5.41, 5.74) is 0.663. The van der Waals surface area contributed by atoms with Crippen molar-refractivity contribution >= 4 is 23.1 Å². The molecule has 0 aromatic heterocycles. The SMILES string of the molecule is Cc1cc(/C(O)=C2\C(=O)C(=O)N(c3ccc(C#N)cc3)C2c2ccccc2F)ccc1F. The minimum absolute atomic E-state index is 0.0106. The highest BCUT2D eigenvalue weighted by atomic mass is 19.1. The Hall–Kier alpha value is -4.31. The zero-order valence-electron chi connectivity index (χ0n) is 16.8. The van der Waals surface area contributed by atoms with Gasteiger partial charge in [0.25, 0.3) is 11.7 Å². The number of aliphatic hydroxyl groups is 1. The van der Waals surface area contributed by atoms with Gasteiger partial charge in [0.2, 0.25) is 0 Å². The largest absolute Gasteiger partial charge is 0.507 e. The highest BCUT2D eigenvalue weighted by Crippen LogP contribution is 2.43. The molecule has 1 saturated heterocycles. The van der Waals surface area contributed by atoms with E-state index in [0.29, 0.717) is 5.56 Å². The van der Waals surface area contributed by atoms with Crippen LogP contribution in [-0.4, -0.2) is 16.8 Å². The highest BCUT2D eigenvalue weighted by molar-refractivity contribution is 6.51. The molecule has 0 bridgehead atoms. The number of hydrogen-bond acceptors (Lipinski definition) is 4. The van der Waals surface area contributed by atoms with E-state index in [1.807, 2.05) is 6.07 Å². The topological polar surface area (TPSA) is 81.4 Å². The molecular weight excluding hydrogens is 414 g/mol. The summed E-state index contributed by atoms with van der Waals surface area (Å²) in [4.78, 5) is 27.1. The van der Waals surface area contributed by atoms with Crippen LogP contribution in [0.4, 0.5) is 14.5 Å². The van der Waals surface area contributed by atoms with E-state index in [4.69, 9.17) is 5.26 Å². The number of carbonyl (C=O) groups is 2. The lowest BCUT2D eigenvalue weighted by molar-refractivity contribution is -0.132. The number of hydrogen-bond donors (Lipinski definition) is 1. The first-order valence-corrected chi connectivity index (χ1v) is 9.65. The maximum atomic E-state index is 14.8. The molecule has 1 amide bonds. The van der Waals surface area contributed by atoms with Crippen molar-refractivity contribution in [2.75, 3.05) is 4.90 Å². The Balaban J connectivity index is 1.97. The normalized spacial score (nSPS) is 17.4. The van der Waals surface area contributed by atoms with E-state index in [1.54, 1.807) is 6.07 Å². The zero-order valence-corrected chi connectivity index (χ0v) is 16.8. The first-order chi connectivity index (χ1) is 15.3. The molecule has 7 heteroatoms. The van der Waals surface area contributed by atoms with Crippen LogP contribution in [0.25, 0.3) is 5.76 Å². The molecule has 1 N–H and O–H groups in total. The molecule has 1 unspecified atom stereocenters. The van der Waals surface area contributed by atoms with Gasteiger partial charge in [0.15, 0.2) is 0 Å². The van der Waals surface area contributed by atoms with Crippen LogP contribution < -0.4 is 4.90 Å². The van der Waals surface area contributed by atoms with Gasteiger partial charge in [-0.1, -0.05) is 18.2 Å². The zero-order chi connectivity index (χ0) is 23.0. The van der Waals surface area contributed by atoms with E-state index in [-0.39, 0.29) is 28.0 Å². The third kappa shape index (κ3) is 3.42. The predicted octanol–water partition coefficient (Wildman–Crippen LogP) is 4.77. The lowest BCUT2D eigenvalue weighted by Crippen LogP contribution is -2.29. The lowest BCUT2D eigenvalue weighted by Gasteiger charge is -2.25. The maximum absolute atomic E-state index is 14.8. The number of aliphatic hydroxyl groups excluding tert-OH is 1. The monoisotopic (exact) mass is 430 g/mol. The van der Waals surface area contributed by atoms with Gasteiger partial charge in [0.05, 0.1) is 23.2 Å². The molecule has 0 saturated carbocycles. The van der Waals surface area contributed by atoms with E-state index in [2.05, 4.69) is 0 Å². The fraction of sp³-hybridized carbons (Fsp3) is 0.0800. The van der Waals surface area contributed by atoms with Gasteiger partial charge in [-0.05, 0) is 61.0 Å². The summed E-state index contributed by atoms with van der Waals surface area (Å²) < 4.78 is 28.5. The number of nitriles is 1. The number of nitrogens with zero attached hydrogens (tertiary/aromatic N) is 2. The number of Topliss-reactive ketones (excluding diaryl/α,β-unsaturated/α-hetero) is 1. The fourth-order valence-electron chi connectivity index (χ4n) is 3.73. The maximum Gasteiger partial charge on any atom is 0.300 e. The van der Waals surface area contributed by atoms with Crippen LogP contribution >= 0.6 is 0 Å². The van der Waals surface area contributed by atoms with Gasteiger partial charge in [0.1, 0.15) is 17.4 Å². The Morgan fingerprint density at radius 3 is 2.31 bits per heavy atom. The average molecular weight is 430 g/mol. The van der Waals surface area contributed by atoms with Gasteiger partial charge in [0, 0.05) is 16.8 Å². The molecule has 1 atom stereocenters. The van der Waals surface area contributed by atoms with Crippen molar-refractivity contribution in [2.24, 2.45) is 0 Å². The van der Waals surface area contributed by atoms with Gasteiger partial charge in [-0.25, -0.2) is 8.78 Å². The van der Waals surface area contributed by atoms with Crippen molar-refractivity contribution in [2.45, 2.75) is 13.0 Å². The van der Waals surface area contributed by atoms with Gasteiger partial charge < -0.3 is 5.11 Å². The number of rotatable bonds is 3. The van der Waals surface area contributed by atoms with E-state index in [9.17, 15) is 23.5 Å². The highest BCUT2D eigenvalue weighted by Gasteiger charge is 2.47. The summed E-state index contributed by atoms with van der Waals surface area (Å²) in [5, 5.41) is 20.0. The molecule has 1 fully saturated rings. The molecule has 0 aliphatic carbocycles. The van der Waals surface area contributed by atoms with Crippen LogP contribution in [0.1, 0.15) is 28.3 Å². The first kappa shape index (κ1) is 20.9. The summed E-state index contributed by atoms with van der Waals surface area (Å²) in [6.07, 6.45) is 0. The number of halogens is 2. The number of anilines is 1. The molecule has 1 aliphatic rings. The summed E-state index contributed by atoms with van der Waals surface area (Å²) in [5.74, 6) is -3.65.